The van der Waals surface area contributed by atoms with E-state index in [4.69, 9.17) is 20.9 Å². The van der Waals surface area contributed by atoms with Gasteiger partial charge in [0.15, 0.2) is 11.5 Å². The molecule has 84 valence electrons. The van der Waals surface area contributed by atoms with Gasteiger partial charge in [-0.3, -0.25) is 0 Å². The maximum atomic E-state index is 9.42. The van der Waals surface area contributed by atoms with Crippen LogP contribution in [0.5, 0.6) is 11.5 Å². The normalized spacial score (nSPS) is 10.4. The molecule has 0 fully saturated rings. The van der Waals surface area contributed by atoms with Crippen molar-refractivity contribution >= 4 is 11.6 Å². The summed E-state index contributed by atoms with van der Waals surface area (Å²) in [7, 11) is 1.47. The SMILES string of the molecule is COc1cc(-c2noc(CCl)n2)ccc1O. The molecule has 0 radical (unpaired) electrons. The molecule has 1 aromatic carbocycles. The third-order valence-electron chi connectivity index (χ3n) is 2.02. The van der Waals surface area contributed by atoms with Crippen LogP contribution < -0.4 is 4.74 Å². The van der Waals surface area contributed by atoms with Gasteiger partial charge in [-0.25, -0.2) is 0 Å². The van der Waals surface area contributed by atoms with E-state index in [0.717, 1.165) is 0 Å². The van der Waals surface area contributed by atoms with Crippen LogP contribution in [0.2, 0.25) is 0 Å². The number of nitrogens with zero attached hydrogens (tertiary/aromatic N) is 2. The van der Waals surface area contributed by atoms with Gasteiger partial charge >= 0.3 is 0 Å². The van der Waals surface area contributed by atoms with Gasteiger partial charge in [0.1, 0.15) is 5.88 Å². The van der Waals surface area contributed by atoms with Crippen LogP contribution in [0.4, 0.5) is 0 Å². The van der Waals surface area contributed by atoms with Gasteiger partial charge in [-0.15, -0.1) is 11.6 Å². The van der Waals surface area contributed by atoms with Crippen molar-refractivity contribution in [3.05, 3.63) is 24.1 Å². The first-order valence-electron chi connectivity index (χ1n) is 4.50. The molecule has 1 aromatic heterocycles. The van der Waals surface area contributed by atoms with Crippen molar-refractivity contribution in [3.8, 4) is 22.9 Å². The van der Waals surface area contributed by atoms with Crippen LogP contribution in [0.15, 0.2) is 22.7 Å². The van der Waals surface area contributed by atoms with Gasteiger partial charge in [0.25, 0.3) is 0 Å². The number of methoxy groups -OCH3 is 1. The van der Waals surface area contributed by atoms with Crippen molar-refractivity contribution in [1.29, 1.82) is 0 Å². The van der Waals surface area contributed by atoms with E-state index in [9.17, 15) is 5.11 Å². The number of halogens is 1. The quantitative estimate of drug-likeness (QED) is 0.833. The lowest BCUT2D eigenvalue weighted by Crippen LogP contribution is -1.86. The maximum absolute atomic E-state index is 9.42. The molecule has 2 rings (SSSR count). The second kappa shape index (κ2) is 4.40. The van der Waals surface area contributed by atoms with E-state index in [0.29, 0.717) is 23.0 Å². The molecule has 0 atom stereocenters. The highest BCUT2D eigenvalue weighted by molar-refractivity contribution is 6.16. The van der Waals surface area contributed by atoms with E-state index in [1.165, 1.54) is 13.2 Å². The van der Waals surface area contributed by atoms with E-state index in [2.05, 4.69) is 10.1 Å². The summed E-state index contributed by atoms with van der Waals surface area (Å²) in [6.45, 7) is 0. The van der Waals surface area contributed by atoms with Gasteiger partial charge in [-0.1, -0.05) is 5.16 Å². The number of aromatic nitrogens is 2. The molecule has 0 saturated heterocycles. The lowest BCUT2D eigenvalue weighted by atomic mass is 10.2. The number of rotatable bonds is 3. The zero-order chi connectivity index (χ0) is 11.5. The number of ether oxygens (including phenoxy) is 1. The van der Waals surface area contributed by atoms with Gasteiger partial charge in [-0.2, -0.15) is 4.98 Å². The number of benzene rings is 1. The Hall–Kier alpha value is -1.75. The first-order chi connectivity index (χ1) is 7.74. The van der Waals surface area contributed by atoms with Crippen LogP contribution in [-0.4, -0.2) is 22.4 Å². The summed E-state index contributed by atoms with van der Waals surface area (Å²) >= 11 is 5.55. The van der Waals surface area contributed by atoms with Crippen LogP contribution in [0.1, 0.15) is 5.89 Å². The van der Waals surface area contributed by atoms with Crippen molar-refractivity contribution in [2.24, 2.45) is 0 Å². The summed E-state index contributed by atoms with van der Waals surface area (Å²) in [6.07, 6.45) is 0. The Morgan fingerprint density at radius 3 is 2.94 bits per heavy atom. The number of hydrogen-bond donors (Lipinski definition) is 1. The Morgan fingerprint density at radius 2 is 2.31 bits per heavy atom. The number of hydrogen-bond acceptors (Lipinski definition) is 5. The molecule has 0 saturated carbocycles. The molecule has 2 aromatic rings. The lowest BCUT2D eigenvalue weighted by molar-refractivity contribution is 0.373. The molecule has 5 nitrogen and oxygen atoms in total. The predicted octanol–water partition coefficient (Wildman–Crippen LogP) is 2.19. The van der Waals surface area contributed by atoms with E-state index in [-0.39, 0.29) is 11.6 Å². The average molecular weight is 241 g/mol. The van der Waals surface area contributed by atoms with E-state index in [1.807, 2.05) is 0 Å². The fourth-order valence-corrected chi connectivity index (χ4v) is 1.35. The Kier molecular flexibility index (Phi) is 2.96. The summed E-state index contributed by atoms with van der Waals surface area (Å²) in [6, 6.07) is 4.80. The third-order valence-corrected chi connectivity index (χ3v) is 2.25. The minimum absolute atomic E-state index is 0.0623. The maximum Gasteiger partial charge on any atom is 0.241 e. The largest absolute Gasteiger partial charge is 0.504 e. The number of aromatic hydroxyl groups is 1. The number of phenolic OH excluding ortho intramolecular Hbond substituents is 1. The topological polar surface area (TPSA) is 68.4 Å². The predicted molar refractivity (Wildman–Crippen MR) is 57.5 cm³/mol. The van der Waals surface area contributed by atoms with Gasteiger partial charge in [0.2, 0.25) is 11.7 Å². The molecule has 0 amide bonds. The van der Waals surface area contributed by atoms with Crippen LogP contribution in [0.3, 0.4) is 0 Å². The fraction of sp³-hybridized carbons (Fsp3) is 0.200. The zero-order valence-corrected chi connectivity index (χ0v) is 9.23. The summed E-state index contributed by atoms with van der Waals surface area (Å²) in [4.78, 5) is 4.06. The van der Waals surface area contributed by atoms with Gasteiger partial charge in [0.05, 0.1) is 7.11 Å². The van der Waals surface area contributed by atoms with Crippen LogP contribution in [-0.2, 0) is 5.88 Å². The fourth-order valence-electron chi connectivity index (χ4n) is 1.24. The number of phenols is 1. The minimum Gasteiger partial charge on any atom is -0.504 e. The molecule has 1 heterocycles. The molecule has 0 aliphatic carbocycles. The molecule has 0 spiro atoms. The van der Waals surface area contributed by atoms with Crippen LogP contribution in [0, 0.1) is 0 Å². The Balaban J connectivity index is 2.40. The Bertz CT molecular complexity index is 499. The second-order valence-corrected chi connectivity index (χ2v) is 3.30. The standard InChI is InChI=1S/C10H9ClN2O3/c1-15-8-4-6(2-3-7(8)14)10-12-9(5-11)16-13-10/h2-4,14H,5H2,1H3. The van der Waals surface area contributed by atoms with Crippen LogP contribution >= 0.6 is 11.6 Å². The van der Waals surface area contributed by atoms with E-state index < -0.39 is 0 Å². The Morgan fingerprint density at radius 1 is 1.50 bits per heavy atom. The highest BCUT2D eigenvalue weighted by Gasteiger charge is 2.10. The van der Waals surface area contributed by atoms with E-state index >= 15 is 0 Å². The summed E-state index contributed by atoms with van der Waals surface area (Å²) < 4.78 is 9.85. The molecule has 0 aliphatic heterocycles. The molecule has 0 unspecified atom stereocenters. The van der Waals surface area contributed by atoms with Gasteiger partial charge in [0, 0.05) is 5.56 Å². The highest BCUT2D eigenvalue weighted by atomic mass is 35.5. The second-order valence-electron chi connectivity index (χ2n) is 3.03. The average Bonchev–Trinajstić information content (AvgIpc) is 2.78. The van der Waals surface area contributed by atoms with Crippen molar-refractivity contribution in [1.82, 2.24) is 10.1 Å². The first kappa shape index (κ1) is 10.8. The molecular weight excluding hydrogens is 232 g/mol. The molecule has 6 heteroatoms. The minimum atomic E-state index is 0.0623. The Labute approximate surface area is 96.6 Å². The zero-order valence-electron chi connectivity index (χ0n) is 8.48. The number of alkyl halides is 1. The van der Waals surface area contributed by atoms with E-state index in [1.54, 1.807) is 12.1 Å². The molecule has 16 heavy (non-hydrogen) atoms. The summed E-state index contributed by atoms with van der Waals surface area (Å²) in [5, 5.41) is 13.2. The van der Waals surface area contributed by atoms with Crippen molar-refractivity contribution < 1.29 is 14.4 Å². The lowest BCUT2D eigenvalue weighted by Gasteiger charge is -2.03. The smallest absolute Gasteiger partial charge is 0.241 e. The monoisotopic (exact) mass is 240 g/mol. The molecule has 0 aliphatic rings. The molecule has 1 N–H and O–H groups in total. The highest BCUT2D eigenvalue weighted by Crippen LogP contribution is 2.30. The van der Waals surface area contributed by atoms with Crippen LogP contribution in [0.25, 0.3) is 11.4 Å². The van der Waals surface area contributed by atoms with Gasteiger partial charge in [-0.05, 0) is 18.2 Å². The first-order valence-corrected chi connectivity index (χ1v) is 5.04. The third kappa shape index (κ3) is 1.94. The van der Waals surface area contributed by atoms with Crippen molar-refractivity contribution in [2.75, 3.05) is 7.11 Å². The van der Waals surface area contributed by atoms with Crippen molar-refractivity contribution in [3.63, 3.8) is 0 Å². The summed E-state index contributed by atoms with van der Waals surface area (Å²) in [5.74, 6) is 1.35. The summed E-state index contributed by atoms with van der Waals surface area (Å²) in [5.41, 5.74) is 0.690. The molecular formula is C10H9ClN2O3. The van der Waals surface area contributed by atoms with Gasteiger partial charge < -0.3 is 14.4 Å². The molecule has 0 bridgehead atoms. The van der Waals surface area contributed by atoms with Crippen molar-refractivity contribution in [2.45, 2.75) is 5.88 Å².